The van der Waals surface area contributed by atoms with Gasteiger partial charge in [-0.15, -0.1) is 0 Å². The topological polar surface area (TPSA) is 106 Å². The normalized spacial score (nSPS) is 9.38. The average Bonchev–Trinajstić information content (AvgIpc) is 2.31. The molecule has 0 saturated heterocycles. The van der Waals surface area contributed by atoms with Crippen LogP contribution < -0.4 is 21.5 Å². The third-order valence-electron chi connectivity index (χ3n) is 1.99. The summed E-state index contributed by atoms with van der Waals surface area (Å²) in [5, 5.41) is 22.1. The van der Waals surface area contributed by atoms with Crippen LogP contribution in [0.15, 0.2) is 9.59 Å². The van der Waals surface area contributed by atoms with Crippen LogP contribution in [-0.4, -0.2) is 13.1 Å². The minimum atomic E-state index is -0.572. The maximum atomic E-state index is 11.1. The predicted molar refractivity (Wildman–Crippen MR) is 58.8 cm³/mol. The van der Waals surface area contributed by atoms with Crippen molar-refractivity contribution in [2.75, 3.05) is 23.7 Å². The number of nitrogens with one attached hydrogen (secondary N) is 2. The van der Waals surface area contributed by atoms with E-state index in [0.717, 1.165) is 0 Å². The Hall–Kier alpha value is -2.34. The standard InChI is InChI=1S/C10H10N4O2/c11-3-1-5-13-7-8(10(16)9(7)15)14-6-2-4-12/h13-14H,1-2,5-6H2. The highest BCUT2D eigenvalue weighted by molar-refractivity contribution is 5.73. The second-order valence-corrected chi connectivity index (χ2v) is 3.08. The van der Waals surface area contributed by atoms with Gasteiger partial charge in [-0.1, -0.05) is 0 Å². The smallest absolute Gasteiger partial charge is 0.253 e. The van der Waals surface area contributed by atoms with E-state index in [9.17, 15) is 9.59 Å². The fourth-order valence-electron chi connectivity index (χ4n) is 1.22. The van der Waals surface area contributed by atoms with Crippen molar-refractivity contribution < 1.29 is 0 Å². The molecule has 6 nitrogen and oxygen atoms in total. The van der Waals surface area contributed by atoms with Gasteiger partial charge in [-0.3, -0.25) is 9.59 Å². The van der Waals surface area contributed by atoms with Crippen molar-refractivity contribution in [3.8, 4) is 12.1 Å². The Bertz CT molecular complexity index is 466. The molecule has 1 aromatic carbocycles. The number of rotatable bonds is 6. The zero-order chi connectivity index (χ0) is 12.0. The summed E-state index contributed by atoms with van der Waals surface area (Å²) in [4.78, 5) is 22.3. The molecule has 0 spiro atoms. The molecule has 0 aliphatic heterocycles. The van der Waals surface area contributed by atoms with Crippen LogP contribution in [0.25, 0.3) is 0 Å². The van der Waals surface area contributed by atoms with Gasteiger partial charge in [0.1, 0.15) is 11.4 Å². The molecule has 0 unspecified atom stereocenters. The van der Waals surface area contributed by atoms with Gasteiger partial charge in [0.25, 0.3) is 10.9 Å². The summed E-state index contributed by atoms with van der Waals surface area (Å²) in [7, 11) is 0. The second-order valence-electron chi connectivity index (χ2n) is 3.08. The number of nitriles is 2. The van der Waals surface area contributed by atoms with Crippen LogP contribution in [0.5, 0.6) is 0 Å². The van der Waals surface area contributed by atoms with E-state index in [0.29, 0.717) is 13.1 Å². The van der Waals surface area contributed by atoms with Gasteiger partial charge < -0.3 is 10.6 Å². The zero-order valence-electron chi connectivity index (χ0n) is 8.54. The predicted octanol–water partition coefficient (Wildman–Crippen LogP) is -0.0662. The Morgan fingerprint density at radius 2 is 1.25 bits per heavy atom. The summed E-state index contributed by atoms with van der Waals surface area (Å²) in [6.07, 6.45) is 0.521. The van der Waals surface area contributed by atoms with Gasteiger partial charge in [-0.05, 0) is 0 Å². The van der Waals surface area contributed by atoms with Gasteiger partial charge >= 0.3 is 0 Å². The summed E-state index contributed by atoms with van der Waals surface area (Å²) in [5.74, 6) is 0. The van der Waals surface area contributed by atoms with Gasteiger partial charge in [0, 0.05) is 13.1 Å². The molecule has 82 valence electrons. The Labute approximate surface area is 91.8 Å². The Balaban J connectivity index is 2.60. The van der Waals surface area contributed by atoms with Crippen molar-refractivity contribution >= 4 is 11.4 Å². The highest BCUT2D eigenvalue weighted by atomic mass is 16.2. The molecule has 1 rings (SSSR count). The first-order chi connectivity index (χ1) is 7.72. The quantitative estimate of drug-likeness (QED) is 0.511. The van der Waals surface area contributed by atoms with E-state index in [2.05, 4.69) is 10.6 Å². The fraction of sp³-hybridized carbons (Fsp3) is 0.400. The molecular weight excluding hydrogens is 208 g/mol. The van der Waals surface area contributed by atoms with Crippen molar-refractivity contribution in [1.29, 1.82) is 10.5 Å². The van der Waals surface area contributed by atoms with Gasteiger partial charge in [-0.25, -0.2) is 0 Å². The molecule has 0 bridgehead atoms. The van der Waals surface area contributed by atoms with Crippen LogP contribution in [0.2, 0.25) is 0 Å². The SMILES string of the molecule is N#CCCNc1c(NCCC#N)c(=O)c1=O. The lowest BCUT2D eigenvalue weighted by Gasteiger charge is -2.12. The number of hydrogen-bond donors (Lipinski definition) is 2. The van der Waals surface area contributed by atoms with Crippen LogP contribution in [0.3, 0.4) is 0 Å². The lowest BCUT2D eigenvalue weighted by Crippen LogP contribution is -2.37. The molecule has 0 fully saturated rings. The monoisotopic (exact) mass is 218 g/mol. The average molecular weight is 218 g/mol. The summed E-state index contributed by atoms with van der Waals surface area (Å²) >= 11 is 0. The van der Waals surface area contributed by atoms with Crippen LogP contribution in [-0.2, 0) is 0 Å². The molecule has 0 heterocycles. The molecule has 0 aromatic heterocycles. The first-order valence-corrected chi connectivity index (χ1v) is 4.77. The molecule has 0 amide bonds. The molecule has 0 aliphatic rings. The molecule has 0 atom stereocenters. The van der Waals surface area contributed by atoms with E-state index in [1.165, 1.54) is 0 Å². The molecule has 2 N–H and O–H groups in total. The van der Waals surface area contributed by atoms with E-state index in [4.69, 9.17) is 10.5 Å². The third kappa shape index (κ3) is 2.37. The molecular formula is C10H10N4O2. The van der Waals surface area contributed by atoms with E-state index in [1.807, 2.05) is 12.1 Å². The Kier molecular flexibility index (Phi) is 4.05. The third-order valence-corrected chi connectivity index (χ3v) is 1.99. The lowest BCUT2D eigenvalue weighted by atomic mass is 10.2. The maximum Gasteiger partial charge on any atom is 0.253 e. The molecule has 0 saturated carbocycles. The fourth-order valence-corrected chi connectivity index (χ4v) is 1.22. The van der Waals surface area contributed by atoms with Crippen molar-refractivity contribution in [3.63, 3.8) is 0 Å². The Morgan fingerprint density at radius 1 is 0.875 bits per heavy atom. The number of hydrogen-bond acceptors (Lipinski definition) is 6. The number of anilines is 2. The van der Waals surface area contributed by atoms with Crippen molar-refractivity contribution in [2.24, 2.45) is 0 Å². The van der Waals surface area contributed by atoms with Gasteiger partial charge in [0.05, 0.1) is 25.0 Å². The van der Waals surface area contributed by atoms with Gasteiger partial charge in [-0.2, -0.15) is 10.5 Å². The van der Waals surface area contributed by atoms with Gasteiger partial charge in [0.15, 0.2) is 0 Å². The van der Waals surface area contributed by atoms with Crippen LogP contribution in [0, 0.1) is 22.7 Å². The van der Waals surface area contributed by atoms with E-state index >= 15 is 0 Å². The molecule has 16 heavy (non-hydrogen) atoms. The summed E-state index contributed by atoms with van der Waals surface area (Å²) in [6.45, 7) is 0.655. The summed E-state index contributed by atoms with van der Waals surface area (Å²) in [5.41, 5.74) is -0.703. The molecule has 1 aromatic rings. The van der Waals surface area contributed by atoms with Gasteiger partial charge in [0.2, 0.25) is 0 Å². The minimum absolute atomic E-state index is 0.221. The zero-order valence-corrected chi connectivity index (χ0v) is 8.54. The highest BCUT2D eigenvalue weighted by Crippen LogP contribution is 2.13. The van der Waals surface area contributed by atoms with Crippen LogP contribution in [0.1, 0.15) is 12.8 Å². The highest BCUT2D eigenvalue weighted by Gasteiger charge is 2.19. The molecule has 0 aliphatic carbocycles. The van der Waals surface area contributed by atoms with E-state index in [-0.39, 0.29) is 24.2 Å². The van der Waals surface area contributed by atoms with Crippen molar-refractivity contribution in [1.82, 2.24) is 0 Å². The summed E-state index contributed by atoms with van der Waals surface area (Å²) < 4.78 is 0. The first-order valence-electron chi connectivity index (χ1n) is 4.77. The first kappa shape index (κ1) is 11.7. The lowest BCUT2D eigenvalue weighted by molar-refractivity contribution is 1.04. The van der Waals surface area contributed by atoms with Crippen LogP contribution in [0.4, 0.5) is 11.4 Å². The maximum absolute atomic E-state index is 11.1. The summed E-state index contributed by atoms with van der Waals surface area (Å²) in [6, 6.07) is 3.84. The number of nitrogens with zero attached hydrogens (tertiary/aromatic N) is 2. The minimum Gasteiger partial charge on any atom is -0.379 e. The largest absolute Gasteiger partial charge is 0.379 e. The molecule has 0 radical (unpaired) electrons. The van der Waals surface area contributed by atoms with Crippen molar-refractivity contribution in [3.05, 3.63) is 20.4 Å². The van der Waals surface area contributed by atoms with E-state index < -0.39 is 10.9 Å². The van der Waals surface area contributed by atoms with Crippen LogP contribution >= 0.6 is 0 Å². The van der Waals surface area contributed by atoms with Crippen molar-refractivity contribution in [2.45, 2.75) is 12.8 Å². The van der Waals surface area contributed by atoms with E-state index in [1.54, 1.807) is 0 Å². The second kappa shape index (κ2) is 5.52. The Morgan fingerprint density at radius 3 is 1.56 bits per heavy atom. The molecule has 6 heteroatoms.